The first-order valence-corrected chi connectivity index (χ1v) is 7.33. The summed E-state index contributed by atoms with van der Waals surface area (Å²) < 4.78 is 25.8. The fourth-order valence-electron chi connectivity index (χ4n) is 1.71. The van der Waals surface area contributed by atoms with Crippen LogP contribution in [0.1, 0.15) is 15.9 Å². The van der Waals surface area contributed by atoms with E-state index in [2.05, 4.69) is 0 Å². The minimum absolute atomic E-state index is 0.0479. The van der Waals surface area contributed by atoms with Crippen molar-refractivity contribution < 1.29 is 18.5 Å². The Morgan fingerprint density at radius 3 is 2.65 bits per heavy atom. The van der Waals surface area contributed by atoms with Crippen molar-refractivity contribution in [3.05, 3.63) is 64.4 Å². The second-order valence-corrected chi connectivity index (χ2v) is 5.88. The van der Waals surface area contributed by atoms with E-state index in [0.717, 1.165) is 0 Å². The van der Waals surface area contributed by atoms with Gasteiger partial charge in [0.2, 0.25) is 0 Å². The zero-order chi connectivity index (χ0) is 14.7. The van der Waals surface area contributed by atoms with Crippen molar-refractivity contribution in [2.24, 2.45) is 0 Å². The first kappa shape index (κ1) is 14.7. The number of carboxylic acids is 1. The van der Waals surface area contributed by atoms with E-state index in [1.165, 1.54) is 30.3 Å². The molecule has 20 heavy (non-hydrogen) atoms. The van der Waals surface area contributed by atoms with Crippen LogP contribution in [0.15, 0.2) is 47.4 Å². The molecule has 0 aliphatic carbocycles. The number of carbonyl (C=O) groups is 1. The topological polar surface area (TPSA) is 54.4 Å². The molecule has 6 heteroatoms. The van der Waals surface area contributed by atoms with Gasteiger partial charge in [-0.25, -0.2) is 9.18 Å². The summed E-state index contributed by atoms with van der Waals surface area (Å²) in [6, 6.07) is 9.94. The summed E-state index contributed by atoms with van der Waals surface area (Å²) >= 11 is 5.77. The molecule has 104 valence electrons. The second kappa shape index (κ2) is 6.15. The van der Waals surface area contributed by atoms with Crippen LogP contribution in [0.25, 0.3) is 0 Å². The molecule has 0 bridgehead atoms. The lowest BCUT2D eigenvalue weighted by atomic mass is 10.2. The summed E-state index contributed by atoms with van der Waals surface area (Å²) in [6.07, 6.45) is 0. The van der Waals surface area contributed by atoms with Crippen LogP contribution >= 0.6 is 11.6 Å². The molecule has 0 saturated heterocycles. The van der Waals surface area contributed by atoms with Crippen LogP contribution in [-0.2, 0) is 16.6 Å². The van der Waals surface area contributed by atoms with Gasteiger partial charge in [-0.2, -0.15) is 0 Å². The number of carboxylic acid groups (broad SMARTS) is 1. The van der Waals surface area contributed by atoms with Gasteiger partial charge in [0.15, 0.2) is 0 Å². The first-order valence-electron chi connectivity index (χ1n) is 5.63. The molecule has 0 heterocycles. The SMILES string of the molecule is O=C(O)c1ccccc1S(=O)Cc1cc(Cl)ccc1F. The molecule has 2 aromatic rings. The molecular formula is C14H10ClFO3S. The highest BCUT2D eigenvalue weighted by Crippen LogP contribution is 2.21. The van der Waals surface area contributed by atoms with E-state index in [9.17, 15) is 13.4 Å². The average molecular weight is 313 g/mol. The molecule has 0 aliphatic rings. The first-order chi connectivity index (χ1) is 9.49. The molecule has 0 fully saturated rings. The number of rotatable bonds is 4. The minimum Gasteiger partial charge on any atom is -0.478 e. The smallest absolute Gasteiger partial charge is 0.336 e. The van der Waals surface area contributed by atoms with Gasteiger partial charge in [0.1, 0.15) is 5.82 Å². The van der Waals surface area contributed by atoms with Crippen LogP contribution in [-0.4, -0.2) is 15.3 Å². The third-order valence-corrected chi connectivity index (χ3v) is 4.31. The highest BCUT2D eigenvalue weighted by Gasteiger charge is 2.16. The van der Waals surface area contributed by atoms with Crippen LogP contribution in [0.3, 0.4) is 0 Å². The van der Waals surface area contributed by atoms with Crippen molar-refractivity contribution in [2.75, 3.05) is 0 Å². The van der Waals surface area contributed by atoms with Crippen LogP contribution in [0.2, 0.25) is 5.02 Å². The molecule has 2 aromatic carbocycles. The van der Waals surface area contributed by atoms with Crippen LogP contribution in [0.5, 0.6) is 0 Å². The Morgan fingerprint density at radius 1 is 1.25 bits per heavy atom. The van der Waals surface area contributed by atoms with E-state index >= 15 is 0 Å². The predicted molar refractivity (Wildman–Crippen MR) is 74.9 cm³/mol. The molecule has 0 amide bonds. The van der Waals surface area contributed by atoms with Gasteiger partial charge < -0.3 is 5.11 Å². The Balaban J connectivity index is 2.33. The highest BCUT2D eigenvalue weighted by atomic mass is 35.5. The molecule has 1 N–H and O–H groups in total. The van der Waals surface area contributed by atoms with E-state index in [-0.39, 0.29) is 21.8 Å². The van der Waals surface area contributed by atoms with Crippen molar-refractivity contribution >= 4 is 28.4 Å². The largest absolute Gasteiger partial charge is 0.478 e. The van der Waals surface area contributed by atoms with Gasteiger partial charge in [0.05, 0.1) is 27.0 Å². The van der Waals surface area contributed by atoms with Crippen LogP contribution in [0.4, 0.5) is 4.39 Å². The zero-order valence-corrected chi connectivity index (χ0v) is 11.7. The Labute approximate surface area is 122 Å². The molecule has 3 nitrogen and oxygen atoms in total. The number of halogens is 2. The summed E-state index contributed by atoms with van der Waals surface area (Å²) in [5.74, 6) is -1.81. The fourth-order valence-corrected chi connectivity index (χ4v) is 3.20. The molecule has 1 atom stereocenters. The minimum atomic E-state index is -1.66. The van der Waals surface area contributed by atoms with Gasteiger partial charge in [-0.3, -0.25) is 4.21 Å². The Bertz CT molecular complexity index is 688. The van der Waals surface area contributed by atoms with Gasteiger partial charge in [-0.05, 0) is 30.3 Å². The van der Waals surface area contributed by atoms with E-state index in [1.54, 1.807) is 12.1 Å². The lowest BCUT2D eigenvalue weighted by Crippen LogP contribution is -2.06. The Morgan fingerprint density at radius 2 is 1.95 bits per heavy atom. The Kier molecular flexibility index (Phi) is 4.52. The van der Waals surface area contributed by atoms with E-state index in [1.807, 2.05) is 0 Å². The summed E-state index contributed by atoms with van der Waals surface area (Å²) in [4.78, 5) is 11.2. The van der Waals surface area contributed by atoms with E-state index in [4.69, 9.17) is 16.7 Å². The van der Waals surface area contributed by atoms with Gasteiger partial charge >= 0.3 is 5.97 Å². The highest BCUT2D eigenvalue weighted by molar-refractivity contribution is 7.84. The zero-order valence-electron chi connectivity index (χ0n) is 10.2. The lowest BCUT2D eigenvalue weighted by molar-refractivity contribution is 0.0693. The summed E-state index contributed by atoms with van der Waals surface area (Å²) in [7, 11) is -1.66. The van der Waals surface area contributed by atoms with Crippen molar-refractivity contribution in [1.29, 1.82) is 0 Å². The summed E-state index contributed by atoms with van der Waals surface area (Å²) in [5.41, 5.74) is 0.143. The van der Waals surface area contributed by atoms with E-state index in [0.29, 0.717) is 5.02 Å². The standard InChI is InChI=1S/C14H10ClFO3S/c15-10-5-6-12(16)9(7-10)8-20(19)13-4-2-1-3-11(13)14(17)18/h1-7H,8H2,(H,17,18). The van der Waals surface area contributed by atoms with Crippen LogP contribution in [0, 0.1) is 5.82 Å². The molecule has 2 rings (SSSR count). The molecule has 0 spiro atoms. The molecule has 1 unspecified atom stereocenters. The maximum Gasteiger partial charge on any atom is 0.336 e. The maximum atomic E-state index is 13.6. The van der Waals surface area contributed by atoms with Crippen molar-refractivity contribution in [3.63, 3.8) is 0 Å². The van der Waals surface area contributed by atoms with Gasteiger partial charge in [-0.1, -0.05) is 23.7 Å². The van der Waals surface area contributed by atoms with Gasteiger partial charge in [0.25, 0.3) is 0 Å². The van der Waals surface area contributed by atoms with Crippen molar-refractivity contribution in [2.45, 2.75) is 10.6 Å². The van der Waals surface area contributed by atoms with Crippen molar-refractivity contribution in [1.82, 2.24) is 0 Å². The van der Waals surface area contributed by atoms with Crippen molar-refractivity contribution in [3.8, 4) is 0 Å². The van der Waals surface area contributed by atoms with Crippen LogP contribution < -0.4 is 0 Å². The normalized spacial score (nSPS) is 12.1. The number of aromatic carboxylic acids is 1. The maximum absolute atomic E-state index is 13.6. The quantitative estimate of drug-likeness (QED) is 0.940. The van der Waals surface area contributed by atoms with Gasteiger partial charge in [0, 0.05) is 10.6 Å². The second-order valence-electron chi connectivity index (χ2n) is 4.03. The molecule has 0 saturated carbocycles. The summed E-state index contributed by atoms with van der Waals surface area (Å²) in [5, 5.41) is 9.39. The third kappa shape index (κ3) is 3.23. The molecular weight excluding hydrogens is 303 g/mol. The average Bonchev–Trinajstić information content (AvgIpc) is 2.42. The lowest BCUT2D eigenvalue weighted by Gasteiger charge is -2.07. The number of benzene rings is 2. The molecule has 0 aliphatic heterocycles. The number of hydrogen-bond donors (Lipinski definition) is 1. The van der Waals surface area contributed by atoms with Gasteiger partial charge in [-0.15, -0.1) is 0 Å². The Hall–Kier alpha value is -1.72. The summed E-state index contributed by atoms with van der Waals surface area (Å²) in [6.45, 7) is 0. The molecule has 0 radical (unpaired) electrons. The van der Waals surface area contributed by atoms with E-state index < -0.39 is 22.6 Å². The predicted octanol–water partition coefficient (Wildman–Crippen LogP) is 3.49. The third-order valence-electron chi connectivity index (χ3n) is 2.66. The molecule has 0 aromatic heterocycles. The number of hydrogen-bond acceptors (Lipinski definition) is 2. The monoisotopic (exact) mass is 312 g/mol. The fraction of sp³-hybridized carbons (Fsp3) is 0.0714.